The molecule has 0 aromatic heterocycles. The van der Waals surface area contributed by atoms with E-state index in [2.05, 4.69) is 0 Å². The number of nitro groups is 2. The summed E-state index contributed by atoms with van der Waals surface area (Å²) in [6.45, 7) is 0. The van der Waals surface area contributed by atoms with Crippen LogP contribution in [0.2, 0.25) is 0 Å². The van der Waals surface area contributed by atoms with E-state index >= 15 is 0 Å². The zero-order chi connectivity index (χ0) is 23.7. The van der Waals surface area contributed by atoms with Gasteiger partial charge < -0.3 is 0 Å². The second-order valence-corrected chi connectivity index (χ2v) is 7.67. The molecule has 0 saturated carbocycles. The normalized spacial score (nSPS) is 12.4. The first-order valence-electron chi connectivity index (χ1n) is 10.5. The molecule has 4 aromatic carbocycles. The number of rotatable bonds is 4. The van der Waals surface area contributed by atoms with Crippen LogP contribution in [0.5, 0.6) is 0 Å². The zero-order valence-corrected chi connectivity index (χ0v) is 17.8. The van der Waals surface area contributed by atoms with Crippen molar-refractivity contribution in [3.63, 3.8) is 0 Å². The fraction of sp³-hybridized carbons (Fsp3) is 0. The molecular weight excluding hydrogens is 432 g/mol. The molecule has 34 heavy (non-hydrogen) atoms. The molecule has 0 saturated heterocycles. The second-order valence-electron chi connectivity index (χ2n) is 7.67. The molecular formula is C26H18N4O4+2. The number of para-hydroxylation sites is 2. The third-order valence-electron chi connectivity index (χ3n) is 5.57. The molecule has 4 aromatic rings. The van der Waals surface area contributed by atoms with Gasteiger partial charge in [-0.2, -0.15) is 9.15 Å². The van der Waals surface area contributed by atoms with Crippen LogP contribution in [0.3, 0.4) is 0 Å². The van der Waals surface area contributed by atoms with Crippen molar-refractivity contribution in [2.45, 2.75) is 0 Å². The Bertz CT molecular complexity index is 1570. The first-order chi connectivity index (χ1) is 16.5. The van der Waals surface area contributed by atoms with Crippen molar-refractivity contribution >= 4 is 35.1 Å². The maximum atomic E-state index is 11.6. The van der Waals surface area contributed by atoms with E-state index in [0.29, 0.717) is 21.2 Å². The minimum Gasteiger partial charge on any atom is -0.258 e. The number of nitro benzene ring substituents is 2. The highest BCUT2D eigenvalue weighted by Gasteiger charge is 2.21. The van der Waals surface area contributed by atoms with Gasteiger partial charge in [0, 0.05) is 36.4 Å². The van der Waals surface area contributed by atoms with Crippen molar-refractivity contribution in [2.75, 3.05) is 0 Å². The van der Waals surface area contributed by atoms with Crippen LogP contribution in [-0.4, -0.2) is 9.85 Å². The van der Waals surface area contributed by atoms with Gasteiger partial charge in [-0.15, -0.1) is 0 Å². The number of hydrogen-bond donors (Lipinski definition) is 0. The van der Waals surface area contributed by atoms with Crippen molar-refractivity contribution in [2.24, 2.45) is 0 Å². The van der Waals surface area contributed by atoms with Gasteiger partial charge in [-0.1, -0.05) is 36.4 Å². The Hall–Kier alpha value is -4.98. The highest BCUT2D eigenvalue weighted by molar-refractivity contribution is 5.52. The monoisotopic (exact) mass is 450 g/mol. The van der Waals surface area contributed by atoms with Gasteiger partial charge in [0.05, 0.1) is 22.0 Å². The number of non-ortho nitro benzene ring substituents is 2. The summed E-state index contributed by atoms with van der Waals surface area (Å²) in [6.07, 6.45) is 3.69. The molecule has 164 valence electrons. The van der Waals surface area contributed by atoms with Gasteiger partial charge in [0.1, 0.15) is 10.4 Å². The third kappa shape index (κ3) is 3.84. The van der Waals surface area contributed by atoms with Crippen molar-refractivity contribution in [3.05, 3.63) is 138 Å². The van der Waals surface area contributed by atoms with Crippen molar-refractivity contribution in [3.8, 4) is 0 Å². The average Bonchev–Trinajstić information content (AvgIpc) is 2.86. The molecule has 1 aliphatic rings. The highest BCUT2D eigenvalue weighted by Crippen LogP contribution is 2.12. The summed E-state index contributed by atoms with van der Waals surface area (Å²) >= 11 is 0. The SMILES string of the molecule is O=[N+]([O-])c1ccc2c(c1)=[N+](c1ccccc1)C=c1ccc([N+](=O)[O-])cc1=[N+](c1ccccc1)C=2. The zero-order valence-electron chi connectivity index (χ0n) is 17.8. The lowest BCUT2D eigenvalue weighted by atomic mass is 10.2. The largest absolute Gasteiger partial charge is 0.276 e. The molecule has 5 rings (SSSR count). The van der Waals surface area contributed by atoms with E-state index < -0.39 is 9.85 Å². The molecule has 0 bridgehead atoms. The Morgan fingerprint density at radius 1 is 0.529 bits per heavy atom. The first kappa shape index (κ1) is 20.9. The van der Waals surface area contributed by atoms with Gasteiger partial charge in [-0.25, -0.2) is 0 Å². The van der Waals surface area contributed by atoms with Crippen molar-refractivity contribution in [1.82, 2.24) is 9.15 Å². The predicted octanol–water partition coefficient (Wildman–Crippen LogP) is 2.34. The van der Waals surface area contributed by atoms with Crippen LogP contribution in [0.4, 0.5) is 22.7 Å². The standard InChI is InChI=1S/C26H18N4O4/c31-29(32)23-14-12-20-18-28(22-9-5-2-6-10-22)26-16-24(30(33)34)13-11-19(26)17-27(25(20)15-23)21-7-3-1-4-8-21/h1-18H/q+2. The fourth-order valence-corrected chi connectivity index (χ4v) is 3.95. The van der Waals surface area contributed by atoms with E-state index in [-0.39, 0.29) is 11.4 Å². The lowest BCUT2D eigenvalue weighted by molar-refractivity contribution is -0.385. The van der Waals surface area contributed by atoms with Crippen molar-refractivity contribution in [1.29, 1.82) is 0 Å². The molecule has 0 radical (unpaired) electrons. The minimum absolute atomic E-state index is 0.0303. The Kier molecular flexibility index (Phi) is 5.23. The molecule has 0 atom stereocenters. The quantitative estimate of drug-likeness (QED) is 0.271. The summed E-state index contributed by atoms with van der Waals surface area (Å²) in [5.74, 6) is 0. The summed E-state index contributed by atoms with van der Waals surface area (Å²) in [5, 5.41) is 25.8. The molecule has 0 aliphatic carbocycles. The smallest absolute Gasteiger partial charge is 0.258 e. The number of nitrogens with zero attached hydrogens (tertiary/aromatic N) is 4. The average molecular weight is 450 g/mol. The summed E-state index contributed by atoms with van der Waals surface area (Å²) in [4.78, 5) is 22.3. The summed E-state index contributed by atoms with van der Waals surface area (Å²) in [5.41, 5.74) is 1.54. The molecule has 0 fully saturated rings. The first-order valence-corrected chi connectivity index (χ1v) is 10.5. The van der Waals surface area contributed by atoms with E-state index in [1.54, 1.807) is 12.1 Å². The van der Waals surface area contributed by atoms with Gasteiger partial charge in [-0.3, -0.25) is 20.2 Å². The second kappa shape index (κ2) is 8.51. The molecule has 8 nitrogen and oxygen atoms in total. The topological polar surface area (TPSA) is 92.3 Å². The number of fused-ring (bicyclic) bond motifs is 2. The van der Waals surface area contributed by atoms with Gasteiger partial charge in [0.15, 0.2) is 12.4 Å². The van der Waals surface area contributed by atoms with Crippen LogP contribution in [-0.2, 0) is 0 Å². The van der Waals surface area contributed by atoms with Crippen LogP contribution < -0.4 is 30.3 Å². The van der Waals surface area contributed by atoms with Crippen LogP contribution in [0.1, 0.15) is 0 Å². The van der Waals surface area contributed by atoms with Crippen LogP contribution >= 0.6 is 0 Å². The van der Waals surface area contributed by atoms with Crippen LogP contribution in [0, 0.1) is 20.2 Å². The lowest BCUT2D eigenvalue weighted by Gasteiger charge is -2.03. The van der Waals surface area contributed by atoms with E-state index in [1.165, 1.54) is 24.3 Å². The third-order valence-corrected chi connectivity index (χ3v) is 5.57. The molecule has 0 unspecified atom stereocenters. The van der Waals surface area contributed by atoms with Gasteiger partial charge in [0.25, 0.3) is 11.4 Å². The summed E-state index contributed by atoms with van der Waals surface area (Å²) in [7, 11) is 0. The van der Waals surface area contributed by atoms with E-state index in [4.69, 9.17) is 0 Å². The minimum atomic E-state index is -0.422. The Labute approximate surface area is 192 Å². The van der Waals surface area contributed by atoms with E-state index in [1.807, 2.05) is 82.2 Å². The lowest BCUT2D eigenvalue weighted by Crippen LogP contribution is -2.44. The van der Waals surface area contributed by atoms with Crippen LogP contribution in [0.25, 0.3) is 12.4 Å². The molecule has 0 spiro atoms. The maximum Gasteiger partial charge on any atom is 0.276 e. The highest BCUT2D eigenvalue weighted by atomic mass is 16.6. The van der Waals surface area contributed by atoms with Gasteiger partial charge in [0.2, 0.25) is 22.1 Å². The predicted molar refractivity (Wildman–Crippen MR) is 128 cm³/mol. The van der Waals surface area contributed by atoms with E-state index in [9.17, 15) is 20.2 Å². The Morgan fingerprint density at radius 3 is 1.26 bits per heavy atom. The molecule has 1 heterocycles. The Morgan fingerprint density at radius 2 is 0.912 bits per heavy atom. The summed E-state index contributed by atoms with van der Waals surface area (Å²) in [6, 6.07) is 28.3. The molecule has 0 amide bonds. The van der Waals surface area contributed by atoms with Gasteiger partial charge >= 0.3 is 0 Å². The maximum absolute atomic E-state index is 11.6. The van der Waals surface area contributed by atoms with Gasteiger partial charge in [-0.05, 0) is 12.1 Å². The number of benzene rings is 4. The Balaban J connectivity index is 2.01. The van der Waals surface area contributed by atoms with E-state index in [0.717, 1.165) is 11.4 Å². The molecule has 1 aliphatic heterocycles. The summed E-state index contributed by atoms with van der Waals surface area (Å²) < 4.78 is 3.73. The molecule has 8 heteroatoms. The van der Waals surface area contributed by atoms with Crippen LogP contribution in [0.15, 0.2) is 97.1 Å². The fourth-order valence-electron chi connectivity index (χ4n) is 3.95. The molecule has 0 N–H and O–H groups in total. The number of hydrogen-bond acceptors (Lipinski definition) is 4. The van der Waals surface area contributed by atoms with Crippen molar-refractivity contribution < 1.29 is 9.85 Å².